The van der Waals surface area contributed by atoms with Gasteiger partial charge in [0.2, 0.25) is 0 Å². The van der Waals surface area contributed by atoms with Gasteiger partial charge >= 0.3 is 5.97 Å². The zero-order valence-corrected chi connectivity index (χ0v) is 15.0. The van der Waals surface area contributed by atoms with Crippen LogP contribution < -0.4 is 14.8 Å². The van der Waals surface area contributed by atoms with Crippen LogP contribution in [0, 0.1) is 11.3 Å². The summed E-state index contributed by atoms with van der Waals surface area (Å²) in [5.74, 6) is -0.0237. The maximum atomic E-state index is 11.8. The Morgan fingerprint density at radius 2 is 1.92 bits per heavy atom. The second kappa shape index (κ2) is 9.25. The van der Waals surface area contributed by atoms with Crippen LogP contribution in [0.15, 0.2) is 35.7 Å². The van der Waals surface area contributed by atoms with Gasteiger partial charge in [-0.15, -0.1) is 11.3 Å². The summed E-state index contributed by atoms with van der Waals surface area (Å²) >= 11 is 1.22. The molecule has 8 heteroatoms. The quantitative estimate of drug-likeness (QED) is 0.593. The third kappa shape index (κ3) is 5.36. The molecule has 0 unspecified atom stereocenters. The molecule has 0 fully saturated rings. The zero-order chi connectivity index (χ0) is 18.9. The summed E-state index contributed by atoms with van der Waals surface area (Å²) < 4.78 is 15.2. The van der Waals surface area contributed by atoms with E-state index in [1.54, 1.807) is 29.6 Å². The minimum Gasteiger partial charge on any atom is -0.497 e. The minimum atomic E-state index is -0.673. The smallest absolute Gasteiger partial charge is 0.331 e. The fourth-order valence-corrected chi connectivity index (χ4v) is 2.69. The van der Waals surface area contributed by atoms with Crippen LogP contribution in [0.4, 0.5) is 5.00 Å². The summed E-state index contributed by atoms with van der Waals surface area (Å²) in [5, 5.41) is 13.5. The van der Waals surface area contributed by atoms with Gasteiger partial charge in [0, 0.05) is 12.1 Å². The van der Waals surface area contributed by atoms with Crippen LogP contribution in [0.5, 0.6) is 11.5 Å². The summed E-state index contributed by atoms with van der Waals surface area (Å²) in [5.41, 5.74) is 1.04. The summed E-state index contributed by atoms with van der Waals surface area (Å²) in [6, 6.07) is 8.71. The number of hydrogen-bond acceptors (Lipinski definition) is 7. The van der Waals surface area contributed by atoms with Crippen molar-refractivity contribution in [2.24, 2.45) is 0 Å². The molecule has 0 aliphatic heterocycles. The summed E-state index contributed by atoms with van der Waals surface area (Å²) in [6.07, 6.45) is 2.73. The van der Waals surface area contributed by atoms with Crippen molar-refractivity contribution >= 4 is 34.3 Å². The Labute approximate surface area is 154 Å². The number of ether oxygens (including phenoxy) is 3. The number of thiophene rings is 1. The minimum absolute atomic E-state index is 0.363. The highest BCUT2D eigenvalue weighted by Crippen LogP contribution is 2.23. The average molecular weight is 372 g/mol. The predicted molar refractivity (Wildman–Crippen MR) is 97.2 cm³/mol. The van der Waals surface area contributed by atoms with Gasteiger partial charge in [0.1, 0.15) is 22.6 Å². The molecule has 0 saturated carbocycles. The molecule has 0 spiro atoms. The molecule has 0 aliphatic carbocycles. The Hall–Kier alpha value is -3.31. The van der Waals surface area contributed by atoms with Crippen LogP contribution in [0.25, 0.3) is 6.08 Å². The Kier molecular flexibility index (Phi) is 6.76. The first-order chi connectivity index (χ1) is 12.5. The Balaban J connectivity index is 1.89. The molecule has 0 aliphatic rings. The molecule has 7 nitrogen and oxygen atoms in total. The van der Waals surface area contributed by atoms with Gasteiger partial charge in [-0.25, -0.2) is 4.79 Å². The van der Waals surface area contributed by atoms with Gasteiger partial charge in [-0.2, -0.15) is 5.26 Å². The number of nitrogens with zero attached hydrogens (tertiary/aromatic N) is 1. The van der Waals surface area contributed by atoms with Gasteiger partial charge in [0.15, 0.2) is 6.61 Å². The van der Waals surface area contributed by atoms with E-state index >= 15 is 0 Å². The van der Waals surface area contributed by atoms with E-state index in [1.807, 2.05) is 6.07 Å². The van der Waals surface area contributed by atoms with Crippen molar-refractivity contribution in [3.8, 4) is 17.6 Å². The number of amides is 1. The first kappa shape index (κ1) is 19.0. The van der Waals surface area contributed by atoms with Crippen LogP contribution in [-0.2, 0) is 14.3 Å². The molecule has 0 atom stereocenters. The fraction of sp³-hybridized carbons (Fsp3) is 0.167. The van der Waals surface area contributed by atoms with E-state index in [1.165, 1.54) is 37.7 Å². The van der Waals surface area contributed by atoms with Crippen LogP contribution in [0.3, 0.4) is 0 Å². The number of benzene rings is 1. The number of rotatable bonds is 7. The molecular weight excluding hydrogens is 356 g/mol. The van der Waals surface area contributed by atoms with Crippen LogP contribution >= 0.6 is 11.3 Å². The van der Waals surface area contributed by atoms with E-state index in [-0.39, 0.29) is 0 Å². The number of carbonyl (C=O) groups excluding carboxylic acids is 2. The molecule has 1 heterocycles. The van der Waals surface area contributed by atoms with Gasteiger partial charge in [0.05, 0.1) is 19.8 Å². The van der Waals surface area contributed by atoms with Gasteiger partial charge in [0.25, 0.3) is 5.91 Å². The normalized spacial score (nSPS) is 10.2. The average Bonchev–Trinajstić information content (AvgIpc) is 3.11. The first-order valence-corrected chi connectivity index (χ1v) is 8.29. The lowest BCUT2D eigenvalue weighted by Gasteiger charge is -2.06. The molecule has 134 valence electrons. The first-order valence-electron chi connectivity index (χ1n) is 7.41. The number of carbonyl (C=O) groups is 2. The number of anilines is 1. The van der Waals surface area contributed by atoms with Crippen LogP contribution in [0.1, 0.15) is 11.1 Å². The number of esters is 1. The van der Waals surface area contributed by atoms with E-state index in [4.69, 9.17) is 19.5 Å². The molecule has 26 heavy (non-hydrogen) atoms. The van der Waals surface area contributed by atoms with Crippen molar-refractivity contribution in [3.63, 3.8) is 0 Å². The molecule has 0 saturated heterocycles. The maximum Gasteiger partial charge on any atom is 0.331 e. The fourth-order valence-electron chi connectivity index (χ4n) is 1.93. The summed E-state index contributed by atoms with van der Waals surface area (Å²) in [7, 11) is 3.06. The van der Waals surface area contributed by atoms with Gasteiger partial charge in [-0.05, 0) is 35.2 Å². The standard InChI is InChI=1S/C18H16N2O5S/c1-23-14-7-12(8-15(9-14)24-2)3-4-17(22)25-11-16(21)20-18-13(10-19)5-6-26-18/h3-9H,11H2,1-2H3,(H,20,21)/b4-3+. The summed E-state index contributed by atoms with van der Waals surface area (Å²) in [4.78, 5) is 23.5. The lowest BCUT2D eigenvalue weighted by atomic mass is 10.2. The van der Waals surface area contributed by atoms with Crippen molar-refractivity contribution in [2.45, 2.75) is 0 Å². The predicted octanol–water partition coefficient (Wildman–Crippen LogP) is 2.83. The van der Waals surface area contributed by atoms with E-state index in [0.717, 1.165) is 0 Å². The van der Waals surface area contributed by atoms with E-state index in [0.29, 0.717) is 27.6 Å². The Morgan fingerprint density at radius 3 is 2.54 bits per heavy atom. The van der Waals surface area contributed by atoms with E-state index in [9.17, 15) is 9.59 Å². The van der Waals surface area contributed by atoms with Crippen molar-refractivity contribution in [1.29, 1.82) is 5.26 Å². The van der Waals surface area contributed by atoms with Crippen molar-refractivity contribution in [2.75, 3.05) is 26.1 Å². The van der Waals surface area contributed by atoms with E-state index in [2.05, 4.69) is 5.32 Å². The molecule has 0 bridgehead atoms. The third-order valence-electron chi connectivity index (χ3n) is 3.17. The maximum absolute atomic E-state index is 11.8. The van der Waals surface area contributed by atoms with Crippen molar-refractivity contribution < 1.29 is 23.8 Å². The Morgan fingerprint density at radius 1 is 1.23 bits per heavy atom. The SMILES string of the molecule is COc1cc(/C=C/C(=O)OCC(=O)Nc2sccc2C#N)cc(OC)c1. The molecule has 0 radical (unpaired) electrons. The number of nitrogens with one attached hydrogen (secondary N) is 1. The largest absolute Gasteiger partial charge is 0.497 e. The topological polar surface area (TPSA) is 97.6 Å². The number of hydrogen-bond donors (Lipinski definition) is 1. The molecule has 2 rings (SSSR count). The lowest BCUT2D eigenvalue weighted by Crippen LogP contribution is -2.19. The highest BCUT2D eigenvalue weighted by Gasteiger charge is 2.10. The monoisotopic (exact) mass is 372 g/mol. The van der Waals surface area contributed by atoms with Crippen molar-refractivity contribution in [3.05, 3.63) is 46.8 Å². The molecular formula is C18H16N2O5S. The number of nitriles is 1. The van der Waals surface area contributed by atoms with Crippen LogP contribution in [-0.4, -0.2) is 32.7 Å². The van der Waals surface area contributed by atoms with Crippen LogP contribution in [0.2, 0.25) is 0 Å². The number of methoxy groups -OCH3 is 2. The highest BCUT2D eigenvalue weighted by molar-refractivity contribution is 7.14. The summed E-state index contributed by atoms with van der Waals surface area (Å²) in [6.45, 7) is -0.451. The van der Waals surface area contributed by atoms with E-state index < -0.39 is 18.5 Å². The second-order valence-electron chi connectivity index (χ2n) is 4.91. The van der Waals surface area contributed by atoms with Gasteiger partial charge < -0.3 is 19.5 Å². The highest BCUT2D eigenvalue weighted by atomic mass is 32.1. The zero-order valence-electron chi connectivity index (χ0n) is 14.1. The molecule has 1 amide bonds. The lowest BCUT2D eigenvalue weighted by molar-refractivity contribution is -0.142. The molecule has 2 aromatic rings. The molecule has 1 N–H and O–H groups in total. The third-order valence-corrected chi connectivity index (χ3v) is 4.00. The van der Waals surface area contributed by atoms with Gasteiger partial charge in [-0.3, -0.25) is 4.79 Å². The van der Waals surface area contributed by atoms with Gasteiger partial charge in [-0.1, -0.05) is 0 Å². The Bertz CT molecular complexity index is 844. The van der Waals surface area contributed by atoms with Crippen molar-refractivity contribution in [1.82, 2.24) is 0 Å². The second-order valence-corrected chi connectivity index (χ2v) is 5.83. The molecule has 1 aromatic heterocycles. The molecule has 1 aromatic carbocycles.